The van der Waals surface area contributed by atoms with Gasteiger partial charge in [0.25, 0.3) is 5.91 Å². The maximum Gasteiger partial charge on any atom is 0.251 e. The lowest BCUT2D eigenvalue weighted by atomic mass is 10.0. The van der Waals surface area contributed by atoms with Crippen molar-refractivity contribution < 1.29 is 4.79 Å². The Hall–Kier alpha value is -1.71. The second-order valence-corrected chi connectivity index (χ2v) is 6.31. The van der Waals surface area contributed by atoms with E-state index < -0.39 is 0 Å². The first-order chi connectivity index (χ1) is 10.1. The van der Waals surface area contributed by atoms with Gasteiger partial charge in [0.2, 0.25) is 0 Å². The molecule has 0 bridgehead atoms. The maximum absolute atomic E-state index is 12.3. The van der Waals surface area contributed by atoms with Gasteiger partial charge in [-0.3, -0.25) is 4.79 Å². The van der Waals surface area contributed by atoms with Crippen molar-refractivity contribution in [3.8, 4) is 0 Å². The van der Waals surface area contributed by atoms with Gasteiger partial charge in [-0.2, -0.15) is 0 Å². The molecule has 0 radical (unpaired) electrons. The molecule has 1 aliphatic heterocycles. The topological polar surface area (TPSA) is 53.2 Å². The van der Waals surface area contributed by atoms with Crippen molar-refractivity contribution in [1.82, 2.24) is 5.32 Å². The van der Waals surface area contributed by atoms with E-state index >= 15 is 0 Å². The molecule has 3 N–H and O–H groups in total. The fourth-order valence-corrected chi connectivity index (χ4v) is 2.59. The van der Waals surface area contributed by atoms with E-state index in [9.17, 15) is 4.79 Å². The zero-order chi connectivity index (χ0) is 15.2. The zero-order valence-electron chi connectivity index (χ0n) is 13.3. The first-order valence-corrected chi connectivity index (χ1v) is 7.99. The number of hydrogen-bond donors (Lipinski definition) is 3. The van der Waals surface area contributed by atoms with Gasteiger partial charge in [0, 0.05) is 24.7 Å². The molecule has 1 atom stereocenters. The summed E-state index contributed by atoms with van der Waals surface area (Å²) in [4.78, 5) is 12.3. The molecule has 1 aliphatic rings. The average Bonchev–Trinajstić information content (AvgIpc) is 2.46. The molecule has 21 heavy (non-hydrogen) atoms. The predicted molar refractivity (Wildman–Crippen MR) is 89.0 cm³/mol. The first kappa shape index (κ1) is 15.7. The highest BCUT2D eigenvalue weighted by molar-refractivity contribution is 5.96. The van der Waals surface area contributed by atoms with Crippen LogP contribution in [0.5, 0.6) is 0 Å². The average molecular weight is 289 g/mol. The van der Waals surface area contributed by atoms with E-state index in [0.717, 1.165) is 48.8 Å². The van der Waals surface area contributed by atoms with E-state index in [4.69, 9.17) is 0 Å². The molecule has 0 saturated heterocycles. The molecule has 4 heteroatoms. The normalized spacial score (nSPS) is 14.9. The first-order valence-electron chi connectivity index (χ1n) is 7.99. The van der Waals surface area contributed by atoms with Crippen LogP contribution in [0.1, 0.15) is 50.4 Å². The summed E-state index contributed by atoms with van der Waals surface area (Å²) < 4.78 is 0. The molecule has 1 unspecified atom stereocenters. The molecule has 1 heterocycles. The van der Waals surface area contributed by atoms with Crippen molar-refractivity contribution in [2.24, 2.45) is 5.92 Å². The molecule has 1 aromatic carbocycles. The van der Waals surface area contributed by atoms with Gasteiger partial charge in [0.15, 0.2) is 0 Å². The Morgan fingerprint density at radius 1 is 1.14 bits per heavy atom. The van der Waals surface area contributed by atoms with Crippen molar-refractivity contribution in [2.45, 2.75) is 46.1 Å². The van der Waals surface area contributed by atoms with E-state index in [1.807, 2.05) is 18.2 Å². The van der Waals surface area contributed by atoms with Crippen LogP contribution in [0.2, 0.25) is 0 Å². The molecule has 1 aromatic rings. The molecule has 0 aromatic heterocycles. The third kappa shape index (κ3) is 4.66. The highest BCUT2D eigenvalue weighted by Gasteiger charge is 2.13. The van der Waals surface area contributed by atoms with Gasteiger partial charge < -0.3 is 16.0 Å². The van der Waals surface area contributed by atoms with E-state index in [0.29, 0.717) is 0 Å². The largest absolute Gasteiger partial charge is 0.382 e. The van der Waals surface area contributed by atoms with E-state index in [-0.39, 0.29) is 11.9 Å². The third-order valence-corrected chi connectivity index (χ3v) is 3.83. The van der Waals surface area contributed by atoms with Crippen LogP contribution in [0, 0.1) is 5.92 Å². The van der Waals surface area contributed by atoms with Gasteiger partial charge in [0.1, 0.15) is 0 Å². The second-order valence-electron chi connectivity index (χ2n) is 6.31. The van der Waals surface area contributed by atoms with E-state index in [2.05, 4.69) is 36.7 Å². The van der Waals surface area contributed by atoms with Crippen molar-refractivity contribution in [3.05, 3.63) is 23.8 Å². The van der Waals surface area contributed by atoms with Crippen LogP contribution in [0.3, 0.4) is 0 Å². The lowest BCUT2D eigenvalue weighted by Crippen LogP contribution is -2.32. The monoisotopic (exact) mass is 289 g/mol. The molecular weight excluding hydrogens is 262 g/mol. The van der Waals surface area contributed by atoms with E-state index in [1.165, 1.54) is 6.42 Å². The summed E-state index contributed by atoms with van der Waals surface area (Å²) in [5.41, 5.74) is 2.81. The van der Waals surface area contributed by atoms with Crippen LogP contribution in [0.25, 0.3) is 0 Å². The minimum atomic E-state index is 0.0159. The van der Waals surface area contributed by atoms with Crippen LogP contribution < -0.4 is 16.0 Å². The summed E-state index contributed by atoms with van der Waals surface area (Å²) >= 11 is 0. The van der Waals surface area contributed by atoms with Crippen molar-refractivity contribution >= 4 is 17.3 Å². The Kier molecular flexibility index (Phi) is 5.48. The Labute approximate surface area is 127 Å². The van der Waals surface area contributed by atoms with Gasteiger partial charge in [-0.25, -0.2) is 0 Å². The Morgan fingerprint density at radius 2 is 1.86 bits per heavy atom. The SMILES string of the molecule is CC(C)CCCC(C)NC(=O)c1ccc2c(c1)NCCN2. The number of anilines is 2. The standard InChI is InChI=1S/C17H27N3O/c1-12(2)5-4-6-13(3)20-17(21)14-7-8-15-16(11-14)19-10-9-18-15/h7-8,11-13,18-19H,4-6,9-10H2,1-3H3,(H,20,21). The Morgan fingerprint density at radius 3 is 2.57 bits per heavy atom. The zero-order valence-corrected chi connectivity index (χ0v) is 13.3. The molecule has 0 fully saturated rings. The van der Waals surface area contributed by atoms with E-state index in [1.54, 1.807) is 0 Å². The summed E-state index contributed by atoms with van der Waals surface area (Å²) in [5, 5.41) is 9.72. The molecule has 0 saturated carbocycles. The third-order valence-electron chi connectivity index (χ3n) is 3.83. The van der Waals surface area contributed by atoms with Gasteiger partial charge in [-0.1, -0.05) is 26.7 Å². The number of nitrogens with one attached hydrogen (secondary N) is 3. The number of fused-ring (bicyclic) bond motifs is 1. The molecule has 4 nitrogen and oxygen atoms in total. The number of benzene rings is 1. The molecule has 2 rings (SSSR count). The molecular formula is C17H27N3O. The number of carbonyl (C=O) groups is 1. The van der Waals surface area contributed by atoms with Crippen molar-refractivity contribution in [3.63, 3.8) is 0 Å². The van der Waals surface area contributed by atoms with Crippen molar-refractivity contribution in [2.75, 3.05) is 23.7 Å². The number of carbonyl (C=O) groups excluding carboxylic acids is 1. The predicted octanol–water partition coefficient (Wildman–Crippen LogP) is 3.47. The quantitative estimate of drug-likeness (QED) is 0.751. The number of rotatable bonds is 6. The maximum atomic E-state index is 12.3. The van der Waals surface area contributed by atoms with Crippen LogP contribution >= 0.6 is 0 Å². The molecule has 0 aliphatic carbocycles. The minimum Gasteiger partial charge on any atom is -0.382 e. The lowest BCUT2D eigenvalue weighted by molar-refractivity contribution is 0.0938. The highest BCUT2D eigenvalue weighted by atomic mass is 16.1. The van der Waals surface area contributed by atoms with Crippen LogP contribution in [0.15, 0.2) is 18.2 Å². The minimum absolute atomic E-state index is 0.0159. The molecule has 116 valence electrons. The Bertz CT molecular complexity index is 485. The number of amides is 1. The molecule has 0 spiro atoms. The van der Waals surface area contributed by atoms with Gasteiger partial charge >= 0.3 is 0 Å². The second kappa shape index (κ2) is 7.34. The molecule has 1 amide bonds. The fraction of sp³-hybridized carbons (Fsp3) is 0.588. The Balaban J connectivity index is 1.88. The highest BCUT2D eigenvalue weighted by Crippen LogP contribution is 2.25. The summed E-state index contributed by atoms with van der Waals surface area (Å²) in [5.74, 6) is 0.745. The van der Waals surface area contributed by atoms with Crippen LogP contribution in [-0.4, -0.2) is 25.0 Å². The summed E-state index contributed by atoms with van der Waals surface area (Å²) in [6.45, 7) is 8.36. The van der Waals surface area contributed by atoms with Gasteiger partial charge in [0.05, 0.1) is 11.4 Å². The summed E-state index contributed by atoms with van der Waals surface area (Å²) in [7, 11) is 0. The summed E-state index contributed by atoms with van der Waals surface area (Å²) in [6.07, 6.45) is 3.41. The lowest BCUT2D eigenvalue weighted by Gasteiger charge is -2.21. The van der Waals surface area contributed by atoms with Gasteiger partial charge in [-0.15, -0.1) is 0 Å². The van der Waals surface area contributed by atoms with Crippen molar-refractivity contribution in [1.29, 1.82) is 0 Å². The van der Waals surface area contributed by atoms with Crippen LogP contribution in [-0.2, 0) is 0 Å². The van der Waals surface area contributed by atoms with Crippen LogP contribution in [0.4, 0.5) is 11.4 Å². The smallest absolute Gasteiger partial charge is 0.251 e. The fourth-order valence-electron chi connectivity index (χ4n) is 2.59. The van der Waals surface area contributed by atoms with Gasteiger partial charge in [-0.05, 0) is 37.5 Å². The number of hydrogen-bond acceptors (Lipinski definition) is 3. The summed E-state index contributed by atoms with van der Waals surface area (Å²) in [6, 6.07) is 6.00.